The van der Waals surface area contributed by atoms with Crippen molar-refractivity contribution >= 4 is 17.4 Å². The van der Waals surface area contributed by atoms with Gasteiger partial charge in [-0.3, -0.25) is 4.79 Å². The minimum atomic E-state index is -0.448. The largest absolute Gasteiger partial charge is 0.377 e. The van der Waals surface area contributed by atoms with Gasteiger partial charge in [0.1, 0.15) is 11.3 Å². The topological polar surface area (TPSA) is 35.5 Å². The van der Waals surface area contributed by atoms with Crippen molar-refractivity contribution in [2.24, 2.45) is 0 Å². The van der Waals surface area contributed by atoms with Gasteiger partial charge in [0.05, 0.1) is 12.7 Å². The molecule has 1 saturated heterocycles. The Balaban J connectivity index is 1.58. The average Bonchev–Trinajstić information content (AvgIpc) is 2.38. The fourth-order valence-corrected chi connectivity index (χ4v) is 2.49. The second kappa shape index (κ2) is 7.63. The summed E-state index contributed by atoms with van der Waals surface area (Å²) in [7, 11) is 0. The van der Waals surface area contributed by atoms with E-state index in [4.69, 9.17) is 21.1 Å². The zero-order valence-corrected chi connectivity index (χ0v) is 11.6. The number of hydrogen-bond donors (Lipinski definition) is 0. The first-order chi connectivity index (χ1) is 9.24. The van der Waals surface area contributed by atoms with Crippen LogP contribution in [0.3, 0.4) is 0 Å². The van der Waals surface area contributed by atoms with Crippen molar-refractivity contribution in [1.29, 1.82) is 0 Å². The van der Waals surface area contributed by atoms with Gasteiger partial charge in [0.25, 0.3) is 0 Å². The number of halogens is 1. The Kier molecular flexibility index (Phi) is 5.83. The van der Waals surface area contributed by atoms with Crippen LogP contribution < -0.4 is 0 Å². The molecule has 4 heteroatoms. The molecular weight excluding hydrogens is 264 g/mol. The number of benzene rings is 1. The summed E-state index contributed by atoms with van der Waals surface area (Å²) in [5.74, 6) is 0.196. The van der Waals surface area contributed by atoms with E-state index in [-0.39, 0.29) is 11.9 Å². The maximum atomic E-state index is 11.4. The molecule has 0 saturated carbocycles. The first kappa shape index (κ1) is 14.5. The minimum Gasteiger partial charge on any atom is -0.377 e. The summed E-state index contributed by atoms with van der Waals surface area (Å²) < 4.78 is 11.1. The third-order valence-electron chi connectivity index (χ3n) is 3.11. The Morgan fingerprint density at radius 2 is 2.05 bits per heavy atom. The smallest absolute Gasteiger partial charge is 0.139 e. The van der Waals surface area contributed by atoms with E-state index in [0.29, 0.717) is 26.1 Å². The highest BCUT2D eigenvalue weighted by molar-refractivity contribution is 6.21. The molecule has 0 amide bonds. The number of alkyl halides is 1. The molecule has 2 rings (SSSR count). The molecule has 0 N–H and O–H groups in total. The Morgan fingerprint density at radius 3 is 2.79 bits per heavy atom. The van der Waals surface area contributed by atoms with E-state index >= 15 is 0 Å². The number of carbonyl (C=O) groups is 1. The summed E-state index contributed by atoms with van der Waals surface area (Å²) in [6.07, 6.45) is 2.49. The summed E-state index contributed by atoms with van der Waals surface area (Å²) in [5, 5.41) is 0. The first-order valence-corrected chi connectivity index (χ1v) is 7.10. The van der Waals surface area contributed by atoms with Gasteiger partial charge >= 0.3 is 0 Å². The van der Waals surface area contributed by atoms with Crippen molar-refractivity contribution in [3.63, 3.8) is 0 Å². The van der Waals surface area contributed by atoms with Gasteiger partial charge < -0.3 is 9.47 Å². The van der Waals surface area contributed by atoms with E-state index in [1.54, 1.807) is 0 Å². The molecule has 19 heavy (non-hydrogen) atoms. The lowest BCUT2D eigenvalue weighted by molar-refractivity contribution is -0.131. The maximum Gasteiger partial charge on any atom is 0.139 e. The second-order valence-electron chi connectivity index (χ2n) is 4.80. The number of carbonyl (C=O) groups excluding carboxylic acids is 1. The molecule has 1 aliphatic rings. The monoisotopic (exact) mass is 282 g/mol. The Hall–Kier alpha value is -0.900. The predicted octanol–water partition coefficient (Wildman–Crippen LogP) is 3.30. The highest BCUT2D eigenvalue weighted by Crippen LogP contribution is 2.22. The van der Waals surface area contributed by atoms with Gasteiger partial charge in [-0.05, 0) is 18.4 Å². The van der Waals surface area contributed by atoms with Crippen LogP contribution in [-0.2, 0) is 20.9 Å². The number of Topliss-reactive ketones (excluding diaryl/α,β-unsaturated/α-hetero) is 1. The SMILES string of the molecule is O=C1CC(Cl)O[C@H](CCCOCc2ccccc2)C1. The van der Waals surface area contributed by atoms with Crippen LogP contribution in [0, 0.1) is 0 Å². The van der Waals surface area contributed by atoms with Gasteiger partial charge in [0.2, 0.25) is 0 Å². The average molecular weight is 283 g/mol. The molecular formula is C15H19ClO3. The zero-order chi connectivity index (χ0) is 13.5. The highest BCUT2D eigenvalue weighted by Gasteiger charge is 2.25. The van der Waals surface area contributed by atoms with Crippen LogP contribution in [0.15, 0.2) is 30.3 Å². The first-order valence-electron chi connectivity index (χ1n) is 6.67. The second-order valence-corrected chi connectivity index (χ2v) is 5.28. The zero-order valence-electron chi connectivity index (χ0n) is 10.9. The quantitative estimate of drug-likeness (QED) is 0.593. The van der Waals surface area contributed by atoms with E-state index in [1.165, 1.54) is 5.56 Å². The summed E-state index contributed by atoms with van der Waals surface area (Å²) in [6, 6.07) is 10.1. The number of ether oxygens (including phenoxy) is 2. The Labute approximate surface area is 118 Å². The fraction of sp³-hybridized carbons (Fsp3) is 0.533. The Bertz CT molecular complexity index is 394. The van der Waals surface area contributed by atoms with Crippen molar-refractivity contribution in [2.75, 3.05) is 6.61 Å². The highest BCUT2D eigenvalue weighted by atomic mass is 35.5. The lowest BCUT2D eigenvalue weighted by Gasteiger charge is -2.25. The van der Waals surface area contributed by atoms with Crippen LogP contribution in [0.4, 0.5) is 0 Å². The van der Waals surface area contributed by atoms with Crippen molar-refractivity contribution in [3.05, 3.63) is 35.9 Å². The van der Waals surface area contributed by atoms with E-state index in [1.807, 2.05) is 30.3 Å². The molecule has 104 valence electrons. The Morgan fingerprint density at radius 1 is 1.26 bits per heavy atom. The fourth-order valence-electron chi connectivity index (χ4n) is 2.17. The van der Waals surface area contributed by atoms with Gasteiger partial charge in [0.15, 0.2) is 0 Å². The molecule has 0 bridgehead atoms. The number of hydrogen-bond acceptors (Lipinski definition) is 3. The molecule has 1 aromatic rings. The number of ketones is 1. The van der Waals surface area contributed by atoms with Crippen LogP contribution in [0.2, 0.25) is 0 Å². The predicted molar refractivity (Wildman–Crippen MR) is 74.1 cm³/mol. The van der Waals surface area contributed by atoms with Crippen LogP contribution in [-0.4, -0.2) is 24.1 Å². The molecule has 0 aliphatic carbocycles. The molecule has 0 spiro atoms. The van der Waals surface area contributed by atoms with Gasteiger partial charge in [0, 0.05) is 19.4 Å². The van der Waals surface area contributed by atoms with Crippen molar-refractivity contribution in [1.82, 2.24) is 0 Å². The molecule has 1 fully saturated rings. The summed E-state index contributed by atoms with van der Waals surface area (Å²) in [6.45, 7) is 1.30. The lowest BCUT2D eigenvalue weighted by Crippen LogP contribution is -2.30. The summed E-state index contributed by atoms with van der Waals surface area (Å²) in [4.78, 5) is 11.4. The minimum absolute atomic E-state index is 0.0379. The van der Waals surface area contributed by atoms with E-state index in [2.05, 4.69) is 0 Å². The van der Waals surface area contributed by atoms with E-state index in [0.717, 1.165) is 12.8 Å². The standard InChI is InChI=1S/C15H19ClO3/c16-15-10-13(17)9-14(19-15)7-4-8-18-11-12-5-2-1-3-6-12/h1-3,5-6,14-15H,4,7-11H2/t14-,15?/m1/s1. The summed E-state index contributed by atoms with van der Waals surface area (Å²) >= 11 is 5.85. The van der Waals surface area contributed by atoms with Crippen LogP contribution in [0.1, 0.15) is 31.2 Å². The lowest BCUT2D eigenvalue weighted by atomic mass is 10.0. The molecule has 1 aliphatic heterocycles. The molecule has 1 heterocycles. The van der Waals surface area contributed by atoms with Crippen molar-refractivity contribution in [3.8, 4) is 0 Å². The van der Waals surface area contributed by atoms with Crippen LogP contribution in [0.25, 0.3) is 0 Å². The molecule has 0 radical (unpaired) electrons. The molecule has 0 aromatic heterocycles. The van der Waals surface area contributed by atoms with E-state index in [9.17, 15) is 4.79 Å². The van der Waals surface area contributed by atoms with Gasteiger partial charge in [-0.2, -0.15) is 0 Å². The maximum absolute atomic E-state index is 11.4. The molecule has 3 nitrogen and oxygen atoms in total. The van der Waals surface area contributed by atoms with E-state index < -0.39 is 5.56 Å². The number of rotatable bonds is 6. The van der Waals surface area contributed by atoms with Crippen LogP contribution >= 0.6 is 11.6 Å². The van der Waals surface area contributed by atoms with Crippen LogP contribution in [0.5, 0.6) is 0 Å². The normalized spacial score (nSPS) is 23.5. The van der Waals surface area contributed by atoms with Crippen molar-refractivity contribution < 1.29 is 14.3 Å². The van der Waals surface area contributed by atoms with Gasteiger partial charge in [-0.1, -0.05) is 41.9 Å². The van der Waals surface area contributed by atoms with Gasteiger partial charge in [-0.15, -0.1) is 0 Å². The third kappa shape index (κ3) is 5.31. The molecule has 1 unspecified atom stereocenters. The third-order valence-corrected chi connectivity index (χ3v) is 3.37. The molecule has 1 aromatic carbocycles. The summed E-state index contributed by atoms with van der Waals surface area (Å²) in [5.41, 5.74) is 0.726. The van der Waals surface area contributed by atoms with Crippen molar-refractivity contribution in [2.45, 2.75) is 44.0 Å². The molecule has 2 atom stereocenters. The van der Waals surface area contributed by atoms with Gasteiger partial charge in [-0.25, -0.2) is 0 Å².